The number of nitrogens with one attached hydrogen (secondary N) is 1. The maximum atomic E-state index is 12.4. The van der Waals surface area contributed by atoms with Crippen molar-refractivity contribution in [2.24, 2.45) is 5.10 Å². The molecule has 0 radical (unpaired) electrons. The lowest BCUT2D eigenvalue weighted by molar-refractivity contribution is -0.137. The molecule has 4 nitrogen and oxygen atoms in total. The second-order valence-electron chi connectivity index (χ2n) is 4.70. The third-order valence-electron chi connectivity index (χ3n) is 3.01. The van der Waals surface area contributed by atoms with Gasteiger partial charge in [0.25, 0.3) is 0 Å². The van der Waals surface area contributed by atoms with E-state index in [0.29, 0.717) is 12.3 Å². The average Bonchev–Trinajstić information content (AvgIpc) is 2.53. The van der Waals surface area contributed by atoms with Gasteiger partial charge in [0.2, 0.25) is 0 Å². The third-order valence-corrected chi connectivity index (χ3v) is 3.01. The fraction of sp³-hybridized carbons (Fsp3) is 0.250. The van der Waals surface area contributed by atoms with Crippen LogP contribution in [0.3, 0.4) is 0 Å². The highest BCUT2D eigenvalue weighted by Crippen LogP contribution is 2.28. The number of nitrogens with zero attached hydrogens (tertiary/aromatic N) is 2. The van der Waals surface area contributed by atoms with Gasteiger partial charge in [0.1, 0.15) is 11.6 Å². The first-order valence-corrected chi connectivity index (χ1v) is 6.97. The molecule has 0 saturated heterocycles. The minimum Gasteiger partial charge on any atom is -0.494 e. The maximum absolute atomic E-state index is 12.4. The number of benzene rings is 1. The zero-order valence-corrected chi connectivity index (χ0v) is 12.7. The lowest BCUT2D eigenvalue weighted by atomic mass is 10.1. The molecular weight excluding hydrogens is 307 g/mol. The van der Waals surface area contributed by atoms with Crippen LogP contribution < -0.4 is 10.2 Å². The summed E-state index contributed by atoms with van der Waals surface area (Å²) in [6.07, 6.45) is -3.63. The summed E-state index contributed by atoms with van der Waals surface area (Å²) in [5.41, 5.74) is 3.39. The molecule has 7 heteroatoms. The number of hydrazone groups is 1. The summed E-state index contributed by atoms with van der Waals surface area (Å²) in [4.78, 5) is 3.69. The monoisotopic (exact) mass is 323 g/mol. The van der Waals surface area contributed by atoms with Gasteiger partial charge in [-0.1, -0.05) is 0 Å². The molecule has 0 unspecified atom stereocenters. The first-order chi connectivity index (χ1) is 10.9. The Balaban J connectivity index is 2.04. The Hall–Kier alpha value is -2.57. The number of anilines is 1. The number of aromatic nitrogens is 1. The van der Waals surface area contributed by atoms with E-state index < -0.39 is 11.7 Å². The van der Waals surface area contributed by atoms with Gasteiger partial charge in [-0.3, -0.25) is 5.43 Å². The zero-order valence-electron chi connectivity index (χ0n) is 12.7. The lowest BCUT2D eigenvalue weighted by Gasteiger charge is -2.07. The largest absolute Gasteiger partial charge is 0.494 e. The van der Waals surface area contributed by atoms with Gasteiger partial charge in [-0.15, -0.1) is 0 Å². The van der Waals surface area contributed by atoms with Crippen molar-refractivity contribution in [3.8, 4) is 5.75 Å². The van der Waals surface area contributed by atoms with Crippen molar-refractivity contribution >= 4 is 11.5 Å². The van der Waals surface area contributed by atoms with E-state index >= 15 is 0 Å². The Labute approximate surface area is 132 Å². The van der Waals surface area contributed by atoms with Crippen LogP contribution in [0.5, 0.6) is 5.75 Å². The number of halogens is 3. The Morgan fingerprint density at radius 1 is 1.17 bits per heavy atom. The van der Waals surface area contributed by atoms with Gasteiger partial charge in [0, 0.05) is 6.20 Å². The van der Waals surface area contributed by atoms with Gasteiger partial charge in [0.15, 0.2) is 0 Å². The molecule has 122 valence electrons. The van der Waals surface area contributed by atoms with Gasteiger partial charge in [0.05, 0.1) is 17.9 Å². The molecule has 23 heavy (non-hydrogen) atoms. The summed E-state index contributed by atoms with van der Waals surface area (Å²) < 4.78 is 42.7. The van der Waals surface area contributed by atoms with Crippen LogP contribution in [0.15, 0.2) is 47.7 Å². The molecule has 1 aromatic heterocycles. The van der Waals surface area contributed by atoms with E-state index in [0.717, 1.165) is 23.6 Å². The molecule has 0 spiro atoms. The Bertz CT molecular complexity index is 664. The average molecular weight is 323 g/mol. The van der Waals surface area contributed by atoms with E-state index in [4.69, 9.17) is 4.74 Å². The summed E-state index contributed by atoms with van der Waals surface area (Å²) in [5.74, 6) is 1.00. The van der Waals surface area contributed by atoms with Crippen molar-refractivity contribution in [1.82, 2.24) is 4.98 Å². The van der Waals surface area contributed by atoms with Crippen LogP contribution in [0.2, 0.25) is 0 Å². The van der Waals surface area contributed by atoms with Crippen LogP contribution in [-0.2, 0) is 6.18 Å². The van der Waals surface area contributed by atoms with E-state index in [-0.39, 0.29) is 5.82 Å². The molecule has 0 bridgehead atoms. The lowest BCUT2D eigenvalue weighted by Crippen LogP contribution is -2.06. The number of hydrogen-bond donors (Lipinski definition) is 1. The highest BCUT2D eigenvalue weighted by Gasteiger charge is 2.30. The fourth-order valence-electron chi connectivity index (χ4n) is 1.79. The minimum atomic E-state index is -4.40. The molecule has 0 aliphatic rings. The number of ether oxygens (including phenoxy) is 1. The molecule has 1 aromatic carbocycles. The van der Waals surface area contributed by atoms with Crippen LogP contribution in [-0.4, -0.2) is 17.3 Å². The summed E-state index contributed by atoms with van der Waals surface area (Å²) in [6, 6.07) is 9.55. The van der Waals surface area contributed by atoms with E-state index in [9.17, 15) is 13.2 Å². The summed E-state index contributed by atoms with van der Waals surface area (Å²) in [6.45, 7) is 4.28. The molecule has 1 N–H and O–H groups in total. The molecule has 1 heterocycles. The second kappa shape index (κ2) is 7.13. The van der Waals surface area contributed by atoms with E-state index in [2.05, 4.69) is 15.5 Å². The highest BCUT2D eigenvalue weighted by molar-refractivity contribution is 5.99. The maximum Gasteiger partial charge on any atom is 0.417 e. The topological polar surface area (TPSA) is 46.5 Å². The number of hydrogen-bond acceptors (Lipinski definition) is 4. The number of rotatable bonds is 5. The van der Waals surface area contributed by atoms with Gasteiger partial charge in [-0.05, 0) is 55.8 Å². The molecule has 0 saturated carbocycles. The smallest absolute Gasteiger partial charge is 0.417 e. The van der Waals surface area contributed by atoms with Gasteiger partial charge in [-0.2, -0.15) is 18.3 Å². The minimum absolute atomic E-state index is 0.239. The van der Waals surface area contributed by atoms with Crippen molar-refractivity contribution < 1.29 is 17.9 Å². The van der Waals surface area contributed by atoms with E-state index in [1.54, 1.807) is 6.92 Å². The van der Waals surface area contributed by atoms with Crippen LogP contribution in [0.4, 0.5) is 19.0 Å². The van der Waals surface area contributed by atoms with Crippen LogP contribution >= 0.6 is 0 Å². The molecular formula is C16H16F3N3O. The fourth-order valence-corrected chi connectivity index (χ4v) is 1.79. The second-order valence-corrected chi connectivity index (χ2v) is 4.70. The Morgan fingerprint density at radius 3 is 2.39 bits per heavy atom. The van der Waals surface area contributed by atoms with Gasteiger partial charge < -0.3 is 4.74 Å². The van der Waals surface area contributed by atoms with Gasteiger partial charge >= 0.3 is 6.18 Å². The Kier molecular flexibility index (Phi) is 5.20. The normalized spacial score (nSPS) is 12.1. The first kappa shape index (κ1) is 16.8. The molecule has 0 amide bonds. The molecule has 2 rings (SSSR count). The predicted octanol–water partition coefficient (Wildman–Crippen LogP) is 4.34. The quantitative estimate of drug-likeness (QED) is 0.658. The predicted molar refractivity (Wildman–Crippen MR) is 82.7 cm³/mol. The Morgan fingerprint density at radius 2 is 1.87 bits per heavy atom. The summed E-state index contributed by atoms with van der Waals surface area (Å²) in [5, 5.41) is 4.11. The SMILES string of the molecule is CCOc1ccc(C(C)=NNc2ccc(C(F)(F)F)cn2)cc1. The molecule has 0 atom stereocenters. The first-order valence-electron chi connectivity index (χ1n) is 6.97. The van der Waals surface area contributed by atoms with Crippen LogP contribution in [0, 0.1) is 0 Å². The third kappa shape index (κ3) is 4.70. The van der Waals surface area contributed by atoms with Crippen molar-refractivity contribution in [2.45, 2.75) is 20.0 Å². The highest BCUT2D eigenvalue weighted by atomic mass is 19.4. The van der Waals surface area contributed by atoms with E-state index in [1.165, 1.54) is 6.07 Å². The van der Waals surface area contributed by atoms with E-state index in [1.807, 2.05) is 31.2 Å². The van der Waals surface area contributed by atoms with Gasteiger partial charge in [-0.25, -0.2) is 4.98 Å². The van der Waals surface area contributed by atoms with Crippen LogP contribution in [0.1, 0.15) is 25.0 Å². The van der Waals surface area contributed by atoms with Crippen molar-refractivity contribution in [3.63, 3.8) is 0 Å². The van der Waals surface area contributed by atoms with Crippen molar-refractivity contribution in [1.29, 1.82) is 0 Å². The number of alkyl halides is 3. The van der Waals surface area contributed by atoms with Crippen molar-refractivity contribution in [2.75, 3.05) is 12.0 Å². The van der Waals surface area contributed by atoms with Crippen LogP contribution in [0.25, 0.3) is 0 Å². The molecule has 0 aliphatic heterocycles. The summed E-state index contributed by atoms with van der Waals surface area (Å²) in [7, 11) is 0. The van der Waals surface area contributed by atoms with Crippen molar-refractivity contribution in [3.05, 3.63) is 53.7 Å². The standard InChI is InChI=1S/C16H16F3N3O/c1-3-23-14-7-4-12(5-8-14)11(2)21-22-15-9-6-13(10-20-15)16(17,18)19/h4-10H,3H2,1-2H3,(H,20,22). The molecule has 2 aromatic rings. The summed E-state index contributed by atoms with van der Waals surface area (Å²) >= 11 is 0. The number of pyridine rings is 1. The molecule has 0 aliphatic carbocycles. The molecule has 0 fully saturated rings. The zero-order chi connectivity index (χ0) is 16.9.